The maximum absolute atomic E-state index is 11.4. The van der Waals surface area contributed by atoms with Gasteiger partial charge in [0.2, 0.25) is 5.91 Å². The molecule has 14 heavy (non-hydrogen) atoms. The van der Waals surface area contributed by atoms with Crippen LogP contribution < -0.4 is 0 Å². The number of rotatable bonds is 3. The van der Waals surface area contributed by atoms with Gasteiger partial charge in [0.05, 0.1) is 5.92 Å². The number of methoxy groups -OCH3 is 1. The third-order valence-corrected chi connectivity index (χ3v) is 2.55. The van der Waals surface area contributed by atoms with E-state index in [0.29, 0.717) is 13.1 Å². The van der Waals surface area contributed by atoms with Gasteiger partial charge in [-0.15, -0.1) is 0 Å². The van der Waals surface area contributed by atoms with E-state index >= 15 is 0 Å². The Labute approximate surface area is 82.6 Å². The van der Waals surface area contributed by atoms with Crippen molar-refractivity contribution in [3.8, 4) is 0 Å². The van der Waals surface area contributed by atoms with Crippen molar-refractivity contribution < 1.29 is 19.4 Å². The van der Waals surface area contributed by atoms with Crippen molar-refractivity contribution in [1.29, 1.82) is 0 Å². The highest BCUT2D eigenvalue weighted by molar-refractivity contribution is 5.79. The fourth-order valence-electron chi connectivity index (χ4n) is 1.71. The van der Waals surface area contributed by atoms with E-state index in [4.69, 9.17) is 9.84 Å². The van der Waals surface area contributed by atoms with Gasteiger partial charge in [0.1, 0.15) is 6.61 Å². The zero-order valence-corrected chi connectivity index (χ0v) is 8.40. The van der Waals surface area contributed by atoms with Crippen LogP contribution in [-0.4, -0.2) is 48.7 Å². The maximum atomic E-state index is 11.4. The van der Waals surface area contributed by atoms with Crippen molar-refractivity contribution in [3.05, 3.63) is 0 Å². The standard InChI is InChI=1S/C9H15NO4/c1-6-3-10(8(11)5-14-2)4-7(6)9(12)13/h6-7H,3-5H2,1-2H3,(H,12,13). The molecular weight excluding hydrogens is 186 g/mol. The molecule has 1 aliphatic rings. The summed E-state index contributed by atoms with van der Waals surface area (Å²) in [6.07, 6.45) is 0. The number of carbonyl (C=O) groups excluding carboxylic acids is 1. The predicted molar refractivity (Wildman–Crippen MR) is 48.7 cm³/mol. The smallest absolute Gasteiger partial charge is 0.308 e. The molecule has 0 radical (unpaired) electrons. The molecule has 0 aromatic carbocycles. The minimum absolute atomic E-state index is 0.0216. The summed E-state index contributed by atoms with van der Waals surface area (Å²) in [6, 6.07) is 0. The van der Waals surface area contributed by atoms with Crippen molar-refractivity contribution in [2.75, 3.05) is 26.8 Å². The average Bonchev–Trinajstić information content (AvgIpc) is 2.48. The number of ether oxygens (including phenoxy) is 1. The molecule has 2 atom stereocenters. The summed E-state index contributed by atoms with van der Waals surface area (Å²) < 4.78 is 4.71. The summed E-state index contributed by atoms with van der Waals surface area (Å²) in [7, 11) is 1.45. The zero-order chi connectivity index (χ0) is 10.7. The second kappa shape index (κ2) is 4.41. The van der Waals surface area contributed by atoms with Crippen LogP contribution in [0.1, 0.15) is 6.92 Å². The number of carbonyl (C=O) groups is 2. The Morgan fingerprint density at radius 2 is 2.14 bits per heavy atom. The Morgan fingerprint density at radius 1 is 1.50 bits per heavy atom. The van der Waals surface area contributed by atoms with Gasteiger partial charge in [-0.2, -0.15) is 0 Å². The van der Waals surface area contributed by atoms with E-state index in [9.17, 15) is 9.59 Å². The van der Waals surface area contributed by atoms with Crippen LogP contribution in [0.3, 0.4) is 0 Å². The lowest BCUT2D eigenvalue weighted by molar-refractivity contribution is -0.142. The first-order valence-corrected chi connectivity index (χ1v) is 4.55. The van der Waals surface area contributed by atoms with E-state index < -0.39 is 11.9 Å². The first kappa shape index (κ1) is 11.0. The summed E-state index contributed by atoms with van der Waals surface area (Å²) in [4.78, 5) is 23.7. The number of carboxylic acid groups (broad SMARTS) is 1. The molecular formula is C9H15NO4. The van der Waals surface area contributed by atoms with Gasteiger partial charge in [0.25, 0.3) is 0 Å². The highest BCUT2D eigenvalue weighted by Gasteiger charge is 2.36. The molecule has 0 aromatic heterocycles. The van der Waals surface area contributed by atoms with Gasteiger partial charge in [-0.05, 0) is 5.92 Å². The molecule has 1 amide bonds. The molecule has 0 aliphatic carbocycles. The van der Waals surface area contributed by atoms with Gasteiger partial charge in [0.15, 0.2) is 0 Å². The summed E-state index contributed by atoms with van der Waals surface area (Å²) in [5, 5.41) is 8.84. The van der Waals surface area contributed by atoms with Crippen LogP contribution in [0.4, 0.5) is 0 Å². The molecule has 5 nitrogen and oxygen atoms in total. The SMILES string of the molecule is COCC(=O)N1CC(C)C(C(=O)O)C1. The number of hydrogen-bond donors (Lipinski definition) is 1. The molecule has 2 unspecified atom stereocenters. The van der Waals surface area contributed by atoms with Crippen LogP contribution in [0, 0.1) is 11.8 Å². The summed E-state index contributed by atoms with van der Waals surface area (Å²) in [5.74, 6) is -1.38. The monoisotopic (exact) mass is 201 g/mol. The number of aliphatic carboxylic acids is 1. The summed E-state index contributed by atoms with van der Waals surface area (Å²) in [6.45, 7) is 2.69. The number of carboxylic acids is 1. The predicted octanol–water partition coefficient (Wildman–Crippen LogP) is -0.188. The average molecular weight is 201 g/mol. The lowest BCUT2D eigenvalue weighted by Crippen LogP contribution is -2.32. The second-order valence-electron chi connectivity index (χ2n) is 3.65. The number of hydrogen-bond acceptors (Lipinski definition) is 3. The Bertz CT molecular complexity index is 241. The number of likely N-dealkylation sites (tertiary alicyclic amines) is 1. The molecule has 1 aliphatic heterocycles. The van der Waals surface area contributed by atoms with Crippen molar-refractivity contribution in [3.63, 3.8) is 0 Å². The molecule has 1 rings (SSSR count). The van der Waals surface area contributed by atoms with E-state index in [1.807, 2.05) is 6.92 Å². The van der Waals surface area contributed by atoms with Crippen LogP contribution in [0.2, 0.25) is 0 Å². The third kappa shape index (κ3) is 2.23. The van der Waals surface area contributed by atoms with E-state index in [1.165, 1.54) is 7.11 Å². The molecule has 0 spiro atoms. The highest BCUT2D eigenvalue weighted by Crippen LogP contribution is 2.22. The Morgan fingerprint density at radius 3 is 2.57 bits per heavy atom. The van der Waals surface area contributed by atoms with Crippen LogP contribution in [0.15, 0.2) is 0 Å². The van der Waals surface area contributed by atoms with Crippen LogP contribution >= 0.6 is 0 Å². The molecule has 1 saturated heterocycles. The molecule has 0 bridgehead atoms. The molecule has 0 saturated carbocycles. The van der Waals surface area contributed by atoms with Crippen molar-refractivity contribution in [2.45, 2.75) is 6.92 Å². The fourth-order valence-corrected chi connectivity index (χ4v) is 1.71. The molecule has 80 valence electrons. The minimum atomic E-state index is -0.829. The quantitative estimate of drug-likeness (QED) is 0.687. The van der Waals surface area contributed by atoms with Crippen LogP contribution in [-0.2, 0) is 14.3 Å². The summed E-state index contributed by atoms with van der Waals surface area (Å²) in [5.41, 5.74) is 0. The second-order valence-corrected chi connectivity index (χ2v) is 3.65. The first-order chi connectivity index (χ1) is 6.56. The minimum Gasteiger partial charge on any atom is -0.481 e. The largest absolute Gasteiger partial charge is 0.481 e. The maximum Gasteiger partial charge on any atom is 0.308 e. The Kier molecular flexibility index (Phi) is 3.46. The van der Waals surface area contributed by atoms with E-state index in [1.54, 1.807) is 4.90 Å². The number of amides is 1. The van der Waals surface area contributed by atoms with Gasteiger partial charge in [-0.1, -0.05) is 6.92 Å². The normalized spacial score (nSPS) is 26.6. The van der Waals surface area contributed by atoms with E-state index in [2.05, 4.69) is 0 Å². The van der Waals surface area contributed by atoms with Gasteiger partial charge < -0.3 is 14.7 Å². The molecule has 0 aromatic rings. The molecule has 1 N–H and O–H groups in total. The van der Waals surface area contributed by atoms with Gasteiger partial charge in [-0.3, -0.25) is 9.59 Å². The lowest BCUT2D eigenvalue weighted by atomic mass is 9.99. The van der Waals surface area contributed by atoms with Crippen molar-refractivity contribution in [2.24, 2.45) is 11.8 Å². The first-order valence-electron chi connectivity index (χ1n) is 4.55. The zero-order valence-electron chi connectivity index (χ0n) is 8.40. The third-order valence-electron chi connectivity index (χ3n) is 2.55. The van der Waals surface area contributed by atoms with E-state index in [-0.39, 0.29) is 18.4 Å². The van der Waals surface area contributed by atoms with Gasteiger partial charge >= 0.3 is 5.97 Å². The summed E-state index contributed by atoms with van der Waals surface area (Å²) >= 11 is 0. The topological polar surface area (TPSA) is 66.8 Å². The Balaban J connectivity index is 2.54. The number of nitrogens with zero attached hydrogens (tertiary/aromatic N) is 1. The highest BCUT2D eigenvalue weighted by atomic mass is 16.5. The van der Waals surface area contributed by atoms with Crippen LogP contribution in [0.25, 0.3) is 0 Å². The van der Waals surface area contributed by atoms with E-state index in [0.717, 1.165) is 0 Å². The lowest BCUT2D eigenvalue weighted by Gasteiger charge is -2.14. The van der Waals surface area contributed by atoms with Crippen molar-refractivity contribution in [1.82, 2.24) is 4.90 Å². The van der Waals surface area contributed by atoms with Gasteiger partial charge in [-0.25, -0.2) is 0 Å². The fraction of sp³-hybridized carbons (Fsp3) is 0.778. The molecule has 1 fully saturated rings. The van der Waals surface area contributed by atoms with Crippen molar-refractivity contribution >= 4 is 11.9 Å². The molecule has 5 heteroatoms. The van der Waals surface area contributed by atoms with Gasteiger partial charge in [0, 0.05) is 20.2 Å². The van der Waals surface area contributed by atoms with Crippen LogP contribution in [0.5, 0.6) is 0 Å². The molecule has 1 heterocycles. The Hall–Kier alpha value is -1.10.